The van der Waals surface area contributed by atoms with Crippen molar-refractivity contribution in [3.8, 4) is 17.2 Å². The lowest BCUT2D eigenvalue weighted by atomic mass is 9.91. The summed E-state index contributed by atoms with van der Waals surface area (Å²) in [6, 6.07) is 22.0. The zero-order valence-corrected chi connectivity index (χ0v) is 22.7. The first-order chi connectivity index (χ1) is 19.1. The van der Waals surface area contributed by atoms with E-state index in [1.165, 1.54) is 0 Å². The van der Waals surface area contributed by atoms with E-state index in [2.05, 4.69) is 22.0 Å². The second-order valence-electron chi connectivity index (χ2n) is 10.3. The Labute approximate surface area is 233 Å². The molecule has 0 saturated heterocycles. The maximum absolute atomic E-state index is 12.9. The molecule has 3 N–H and O–H groups in total. The summed E-state index contributed by atoms with van der Waals surface area (Å²) in [6.07, 6.45) is 0.913. The summed E-state index contributed by atoms with van der Waals surface area (Å²) in [4.78, 5) is 49.5. The molecule has 204 valence electrons. The second-order valence-corrected chi connectivity index (χ2v) is 10.3. The van der Waals surface area contributed by atoms with E-state index in [1.807, 2.05) is 63.2 Å². The van der Waals surface area contributed by atoms with Crippen LogP contribution in [-0.4, -0.2) is 35.2 Å². The van der Waals surface area contributed by atoms with Gasteiger partial charge in [-0.3, -0.25) is 19.7 Å². The number of anilines is 1. The molecule has 5 amide bonds. The van der Waals surface area contributed by atoms with Crippen LogP contribution in [0.5, 0.6) is 0 Å². The number of benzene rings is 3. The van der Waals surface area contributed by atoms with Gasteiger partial charge in [0, 0.05) is 30.3 Å². The van der Waals surface area contributed by atoms with E-state index in [0.717, 1.165) is 22.3 Å². The van der Waals surface area contributed by atoms with Crippen LogP contribution in [0.25, 0.3) is 11.1 Å². The molecule has 4 rings (SSSR count). The van der Waals surface area contributed by atoms with Crippen LogP contribution in [-0.2, 0) is 21.7 Å². The number of nitrogens with zero attached hydrogens (tertiary/aromatic N) is 2. The molecule has 0 bridgehead atoms. The largest absolute Gasteiger partial charge is 0.332 e. The average molecular weight is 538 g/mol. The number of fused-ring (bicyclic) bond motifs is 1. The summed E-state index contributed by atoms with van der Waals surface area (Å²) in [7, 11) is 0. The Hall–Kier alpha value is -4.97. The summed E-state index contributed by atoms with van der Waals surface area (Å²) in [6.45, 7) is 6.04. The minimum atomic E-state index is -0.688. The Morgan fingerprint density at radius 2 is 1.80 bits per heavy atom. The van der Waals surface area contributed by atoms with E-state index >= 15 is 0 Å². The first-order valence-electron chi connectivity index (χ1n) is 13.0. The van der Waals surface area contributed by atoms with Gasteiger partial charge in [-0.2, -0.15) is 5.26 Å². The molecule has 9 nitrogen and oxygen atoms in total. The summed E-state index contributed by atoms with van der Waals surface area (Å²) >= 11 is 0. The van der Waals surface area contributed by atoms with E-state index in [4.69, 9.17) is 0 Å². The predicted molar refractivity (Wildman–Crippen MR) is 151 cm³/mol. The van der Waals surface area contributed by atoms with Crippen LogP contribution in [0.1, 0.15) is 60.7 Å². The fourth-order valence-electron chi connectivity index (χ4n) is 4.83. The molecule has 3 aromatic carbocycles. The Bertz CT molecular complexity index is 1490. The van der Waals surface area contributed by atoms with Gasteiger partial charge in [-0.15, -0.1) is 0 Å². The van der Waals surface area contributed by atoms with Gasteiger partial charge in [0.15, 0.2) is 0 Å². The van der Waals surface area contributed by atoms with Crippen molar-refractivity contribution >= 4 is 29.9 Å². The van der Waals surface area contributed by atoms with Crippen LogP contribution < -0.4 is 16.0 Å². The Balaban J connectivity index is 1.38. The highest BCUT2D eigenvalue weighted by atomic mass is 16.2. The van der Waals surface area contributed by atoms with Crippen molar-refractivity contribution in [2.75, 3.05) is 5.32 Å². The van der Waals surface area contributed by atoms with Crippen LogP contribution in [0.4, 0.5) is 10.5 Å². The first-order valence-corrected chi connectivity index (χ1v) is 13.0. The normalized spacial score (nSPS) is 13.2. The van der Waals surface area contributed by atoms with Crippen molar-refractivity contribution in [3.63, 3.8) is 0 Å². The highest BCUT2D eigenvalue weighted by Crippen LogP contribution is 2.30. The number of hydrogen-bond acceptors (Lipinski definition) is 5. The standard InChI is InChI=1S/C31H31N5O4/c1-20(8-15-28(38)33-19-37)36-18-23-16-25(13-14-27(23)29(36)39)34-30(40)35-31(2,3)24-11-9-21(10-12-24)26-7-5-4-6-22(26)17-32/h4-7,9-14,16,19-20H,8,15,18H2,1-3H3,(H,33,37,38)(H2,34,35,40). The number of carbonyl (C=O) groups excluding carboxylic acids is 4. The Kier molecular flexibility index (Phi) is 8.29. The van der Waals surface area contributed by atoms with Gasteiger partial charge in [0.25, 0.3) is 5.91 Å². The number of nitrogens with one attached hydrogen (secondary N) is 3. The molecular weight excluding hydrogens is 506 g/mol. The van der Waals surface area contributed by atoms with E-state index in [0.29, 0.717) is 36.2 Å². The fraction of sp³-hybridized carbons (Fsp3) is 0.258. The van der Waals surface area contributed by atoms with Gasteiger partial charge in [0.1, 0.15) is 0 Å². The van der Waals surface area contributed by atoms with E-state index < -0.39 is 5.54 Å². The van der Waals surface area contributed by atoms with Crippen molar-refractivity contribution in [3.05, 3.63) is 89.0 Å². The molecule has 0 radical (unpaired) electrons. The monoisotopic (exact) mass is 537 g/mol. The van der Waals surface area contributed by atoms with Crippen molar-refractivity contribution in [2.24, 2.45) is 0 Å². The molecule has 40 heavy (non-hydrogen) atoms. The third kappa shape index (κ3) is 6.18. The smallest absolute Gasteiger partial charge is 0.319 e. The average Bonchev–Trinajstić information content (AvgIpc) is 3.27. The van der Waals surface area contributed by atoms with Gasteiger partial charge in [-0.1, -0.05) is 42.5 Å². The number of amides is 5. The SMILES string of the molecule is CC(CCC(=O)NC=O)N1Cc2cc(NC(=O)NC(C)(C)c3ccc(-c4ccccc4C#N)cc3)ccc2C1=O. The van der Waals surface area contributed by atoms with E-state index in [1.54, 1.807) is 29.2 Å². The fourth-order valence-corrected chi connectivity index (χ4v) is 4.83. The molecule has 0 aliphatic carbocycles. The minimum Gasteiger partial charge on any atom is -0.332 e. The second kappa shape index (κ2) is 11.8. The molecule has 9 heteroatoms. The quantitative estimate of drug-likeness (QED) is 0.341. The molecule has 1 heterocycles. The van der Waals surface area contributed by atoms with Gasteiger partial charge >= 0.3 is 6.03 Å². The lowest BCUT2D eigenvalue weighted by Crippen LogP contribution is -2.43. The summed E-state index contributed by atoms with van der Waals surface area (Å²) in [5.41, 5.74) is 4.49. The van der Waals surface area contributed by atoms with Crippen molar-refractivity contribution < 1.29 is 19.2 Å². The van der Waals surface area contributed by atoms with E-state index in [9.17, 15) is 24.4 Å². The molecule has 1 unspecified atom stereocenters. The van der Waals surface area contributed by atoms with Crippen LogP contribution in [0.15, 0.2) is 66.7 Å². The molecule has 1 aliphatic heterocycles. The van der Waals surface area contributed by atoms with Crippen LogP contribution in [0, 0.1) is 11.3 Å². The Morgan fingerprint density at radius 1 is 1.07 bits per heavy atom. The number of carbonyl (C=O) groups is 4. The predicted octanol–water partition coefficient (Wildman–Crippen LogP) is 4.68. The minimum absolute atomic E-state index is 0.128. The zero-order chi connectivity index (χ0) is 28.9. The van der Waals surface area contributed by atoms with Crippen LogP contribution in [0.3, 0.4) is 0 Å². The van der Waals surface area contributed by atoms with Crippen molar-refractivity contribution in [1.29, 1.82) is 5.26 Å². The summed E-state index contributed by atoms with van der Waals surface area (Å²) < 4.78 is 0. The number of rotatable bonds is 9. The molecule has 0 spiro atoms. The summed E-state index contributed by atoms with van der Waals surface area (Å²) in [5, 5.41) is 17.4. The van der Waals surface area contributed by atoms with Gasteiger partial charge in [-0.05, 0) is 73.7 Å². The number of urea groups is 1. The number of nitriles is 1. The van der Waals surface area contributed by atoms with Crippen LogP contribution >= 0.6 is 0 Å². The Morgan fingerprint density at radius 3 is 2.50 bits per heavy atom. The molecule has 0 saturated carbocycles. The lowest BCUT2D eigenvalue weighted by Gasteiger charge is -2.27. The molecule has 0 aromatic heterocycles. The maximum atomic E-state index is 12.9. The molecule has 3 aromatic rings. The van der Waals surface area contributed by atoms with Crippen molar-refractivity contribution in [1.82, 2.24) is 15.5 Å². The third-order valence-electron chi connectivity index (χ3n) is 7.13. The number of imide groups is 1. The number of hydrogen-bond donors (Lipinski definition) is 3. The maximum Gasteiger partial charge on any atom is 0.319 e. The molecule has 0 fully saturated rings. The van der Waals surface area contributed by atoms with Crippen molar-refractivity contribution in [2.45, 2.75) is 51.7 Å². The van der Waals surface area contributed by atoms with Gasteiger partial charge in [0.05, 0.1) is 17.2 Å². The van der Waals surface area contributed by atoms with Gasteiger partial charge in [0.2, 0.25) is 12.3 Å². The lowest BCUT2D eigenvalue weighted by molar-refractivity contribution is -0.125. The first kappa shape index (κ1) is 28.0. The van der Waals surface area contributed by atoms with Gasteiger partial charge in [-0.25, -0.2) is 4.79 Å². The third-order valence-corrected chi connectivity index (χ3v) is 7.13. The van der Waals surface area contributed by atoms with E-state index in [-0.39, 0.29) is 30.3 Å². The highest BCUT2D eigenvalue weighted by molar-refractivity contribution is 6.00. The highest BCUT2D eigenvalue weighted by Gasteiger charge is 2.31. The molecular formula is C31H31N5O4. The van der Waals surface area contributed by atoms with Gasteiger partial charge < -0.3 is 15.5 Å². The van der Waals surface area contributed by atoms with Crippen LogP contribution in [0.2, 0.25) is 0 Å². The zero-order valence-electron chi connectivity index (χ0n) is 22.7. The summed E-state index contributed by atoms with van der Waals surface area (Å²) in [5.74, 6) is -0.511. The topological polar surface area (TPSA) is 131 Å². The molecule has 1 atom stereocenters. The molecule has 1 aliphatic rings.